The largest absolute Gasteiger partial charge is 0.0683 e. The third kappa shape index (κ3) is 9.33. The summed E-state index contributed by atoms with van der Waals surface area (Å²) < 4.78 is 0. The molecule has 0 aliphatic rings. The molecule has 5 aromatic carbocycles. The Bertz CT molecular complexity index is 1080. The zero-order valence-corrected chi connectivity index (χ0v) is 21.5. The minimum Gasteiger partial charge on any atom is -0.0683 e. The lowest BCUT2D eigenvalue weighted by atomic mass is 10.1. The molecule has 5 aromatic rings. The van der Waals surface area contributed by atoms with Crippen molar-refractivity contribution in [1.82, 2.24) is 0 Å². The molecule has 0 spiro atoms. The molecule has 0 nitrogen and oxygen atoms in total. The van der Waals surface area contributed by atoms with Crippen molar-refractivity contribution in [3.63, 3.8) is 0 Å². The molecule has 0 aliphatic heterocycles. The lowest BCUT2D eigenvalue weighted by molar-refractivity contribution is 1.48. The molecule has 0 radical (unpaired) electrons. The topological polar surface area (TPSA) is 0 Å². The summed E-state index contributed by atoms with van der Waals surface area (Å²) in [5, 5.41) is 5.37. The second-order valence-corrected chi connectivity index (χ2v) is 7.25. The zero-order chi connectivity index (χ0) is 24.5. The Labute approximate surface area is 201 Å². The first-order chi connectivity index (χ1) is 16.1. The van der Waals surface area contributed by atoms with Gasteiger partial charge in [0.05, 0.1) is 0 Å². The molecule has 0 heterocycles. The van der Waals surface area contributed by atoms with Gasteiger partial charge >= 0.3 is 0 Å². The number of benzene rings is 5. The smallest absolute Gasteiger partial charge is 0.0155 e. The second-order valence-electron chi connectivity index (χ2n) is 7.25. The fourth-order valence-corrected chi connectivity index (χ4v) is 3.31. The normalized spacial score (nSPS) is 9.06. The molecule has 0 amide bonds. The Morgan fingerprint density at radius 2 is 0.667 bits per heavy atom. The number of rotatable bonds is 0. The molecule has 0 unspecified atom stereocenters. The maximum atomic E-state index is 2.16. The van der Waals surface area contributed by atoms with E-state index in [2.05, 4.69) is 118 Å². The minimum absolute atomic E-state index is 1.32. The first-order valence-electron chi connectivity index (χ1n) is 12.1. The van der Waals surface area contributed by atoms with Crippen LogP contribution in [0.15, 0.2) is 115 Å². The SMILES string of the molecule is CC.CC.Cc1cccc2ccccc12.Cc1cccc2ccccc12.Cc1ccccc1. The minimum atomic E-state index is 1.32. The summed E-state index contributed by atoms with van der Waals surface area (Å²) in [4.78, 5) is 0. The predicted octanol–water partition coefficient (Wildman–Crippen LogP) is 10.3. The first kappa shape index (κ1) is 27.7. The molecule has 0 N–H and O–H groups in total. The summed E-state index contributed by atoms with van der Waals surface area (Å²) in [5.74, 6) is 0. The predicted molar refractivity (Wildman–Crippen MR) is 151 cm³/mol. The summed E-state index contributed by atoms with van der Waals surface area (Å²) in [6, 6.07) is 39.9. The van der Waals surface area contributed by atoms with Gasteiger partial charge in [0.2, 0.25) is 0 Å². The van der Waals surface area contributed by atoms with Crippen LogP contribution in [0.2, 0.25) is 0 Å². The number of hydrogen-bond acceptors (Lipinski definition) is 0. The third-order valence-electron chi connectivity index (χ3n) is 4.96. The average molecular weight is 437 g/mol. The van der Waals surface area contributed by atoms with Crippen molar-refractivity contribution in [2.45, 2.75) is 48.5 Å². The van der Waals surface area contributed by atoms with Crippen LogP contribution in [-0.4, -0.2) is 0 Å². The van der Waals surface area contributed by atoms with E-state index >= 15 is 0 Å². The van der Waals surface area contributed by atoms with Crippen molar-refractivity contribution in [2.24, 2.45) is 0 Å². The van der Waals surface area contributed by atoms with Gasteiger partial charge in [-0.05, 0) is 53.4 Å². The average Bonchev–Trinajstić information content (AvgIpc) is 2.89. The van der Waals surface area contributed by atoms with Crippen molar-refractivity contribution in [3.05, 3.63) is 132 Å². The Morgan fingerprint density at radius 1 is 0.333 bits per heavy atom. The van der Waals surface area contributed by atoms with E-state index in [0.717, 1.165) is 0 Å². The van der Waals surface area contributed by atoms with Crippen LogP contribution in [0.4, 0.5) is 0 Å². The number of hydrogen-bond donors (Lipinski definition) is 0. The summed E-state index contributed by atoms with van der Waals surface area (Å²) in [6.45, 7) is 14.4. The zero-order valence-electron chi connectivity index (χ0n) is 21.5. The summed E-state index contributed by atoms with van der Waals surface area (Å²) in [5.41, 5.74) is 4.02. The molecule has 5 rings (SSSR count). The van der Waals surface area contributed by atoms with Gasteiger partial charge in [-0.3, -0.25) is 0 Å². The summed E-state index contributed by atoms with van der Waals surface area (Å²) >= 11 is 0. The molecule has 0 heteroatoms. The van der Waals surface area contributed by atoms with Gasteiger partial charge in [-0.15, -0.1) is 0 Å². The van der Waals surface area contributed by atoms with Gasteiger partial charge in [-0.1, -0.05) is 149 Å². The van der Waals surface area contributed by atoms with E-state index in [-0.39, 0.29) is 0 Å². The van der Waals surface area contributed by atoms with Crippen LogP contribution < -0.4 is 0 Å². The van der Waals surface area contributed by atoms with Crippen LogP contribution in [0.3, 0.4) is 0 Å². The Balaban J connectivity index is 0.000000235. The van der Waals surface area contributed by atoms with Gasteiger partial charge in [0.15, 0.2) is 0 Å². The van der Waals surface area contributed by atoms with E-state index in [1.165, 1.54) is 38.2 Å². The number of aryl methyl sites for hydroxylation is 3. The lowest BCUT2D eigenvalue weighted by Crippen LogP contribution is -1.75. The van der Waals surface area contributed by atoms with Crippen molar-refractivity contribution in [1.29, 1.82) is 0 Å². The summed E-state index contributed by atoms with van der Waals surface area (Å²) in [6.07, 6.45) is 0. The van der Waals surface area contributed by atoms with Crippen LogP contribution in [0.25, 0.3) is 21.5 Å². The molecular formula is C33H40. The van der Waals surface area contributed by atoms with Crippen molar-refractivity contribution >= 4 is 21.5 Å². The molecule has 0 bridgehead atoms. The molecule has 0 aromatic heterocycles. The molecular weight excluding hydrogens is 396 g/mol. The first-order valence-corrected chi connectivity index (χ1v) is 12.1. The maximum Gasteiger partial charge on any atom is -0.0155 e. The van der Waals surface area contributed by atoms with Gasteiger partial charge in [-0.2, -0.15) is 0 Å². The highest BCUT2D eigenvalue weighted by molar-refractivity contribution is 5.86. The van der Waals surface area contributed by atoms with Gasteiger partial charge < -0.3 is 0 Å². The summed E-state index contributed by atoms with van der Waals surface area (Å²) in [7, 11) is 0. The molecule has 0 fully saturated rings. The molecule has 33 heavy (non-hydrogen) atoms. The van der Waals surface area contributed by atoms with Crippen molar-refractivity contribution < 1.29 is 0 Å². The second kappa shape index (κ2) is 16.3. The Morgan fingerprint density at radius 3 is 1.00 bits per heavy atom. The molecule has 0 atom stereocenters. The Kier molecular flexibility index (Phi) is 13.6. The van der Waals surface area contributed by atoms with Gasteiger partial charge in [-0.25, -0.2) is 0 Å². The highest BCUT2D eigenvalue weighted by atomic mass is 14.0. The van der Waals surface area contributed by atoms with Crippen molar-refractivity contribution in [2.75, 3.05) is 0 Å². The van der Waals surface area contributed by atoms with Gasteiger partial charge in [0.1, 0.15) is 0 Å². The molecule has 0 aliphatic carbocycles. The highest BCUT2D eigenvalue weighted by Crippen LogP contribution is 2.17. The quantitative estimate of drug-likeness (QED) is 0.226. The molecule has 172 valence electrons. The standard InChI is InChI=1S/2C11H10.C7H8.2C2H6/c2*1-9-5-4-7-10-6-2-3-8-11(9)10;1-7-5-3-2-4-6-7;2*1-2/h2*2-8H,1H3;2-6H,1H3;2*1-2H3. The van der Waals surface area contributed by atoms with Crippen LogP contribution in [0.5, 0.6) is 0 Å². The van der Waals surface area contributed by atoms with Gasteiger partial charge in [0, 0.05) is 0 Å². The van der Waals surface area contributed by atoms with Crippen LogP contribution in [0, 0.1) is 20.8 Å². The van der Waals surface area contributed by atoms with Gasteiger partial charge in [0.25, 0.3) is 0 Å². The van der Waals surface area contributed by atoms with E-state index in [1.807, 2.05) is 45.9 Å². The Hall–Kier alpha value is -3.38. The van der Waals surface area contributed by atoms with E-state index < -0.39 is 0 Å². The fraction of sp³-hybridized carbons (Fsp3) is 0.212. The highest BCUT2D eigenvalue weighted by Gasteiger charge is 1.93. The van der Waals surface area contributed by atoms with Crippen LogP contribution in [-0.2, 0) is 0 Å². The monoisotopic (exact) mass is 436 g/mol. The van der Waals surface area contributed by atoms with E-state index in [4.69, 9.17) is 0 Å². The number of fused-ring (bicyclic) bond motifs is 2. The van der Waals surface area contributed by atoms with E-state index in [9.17, 15) is 0 Å². The van der Waals surface area contributed by atoms with Crippen LogP contribution in [0.1, 0.15) is 44.4 Å². The third-order valence-corrected chi connectivity index (χ3v) is 4.96. The lowest BCUT2D eigenvalue weighted by Gasteiger charge is -1.98. The van der Waals surface area contributed by atoms with Crippen molar-refractivity contribution in [3.8, 4) is 0 Å². The van der Waals surface area contributed by atoms with E-state index in [0.29, 0.717) is 0 Å². The van der Waals surface area contributed by atoms with Crippen LogP contribution >= 0.6 is 0 Å². The fourth-order valence-electron chi connectivity index (χ4n) is 3.31. The van der Waals surface area contributed by atoms with E-state index in [1.54, 1.807) is 0 Å². The maximum absolute atomic E-state index is 2.16. The molecule has 0 saturated heterocycles. The molecule has 0 saturated carbocycles.